The van der Waals surface area contributed by atoms with Gasteiger partial charge >= 0.3 is 12.1 Å². The Hall–Kier alpha value is -4.14. The van der Waals surface area contributed by atoms with Crippen LogP contribution in [0.1, 0.15) is 41.5 Å². The summed E-state index contributed by atoms with van der Waals surface area (Å²) >= 11 is 0. The second kappa shape index (κ2) is 9.25. The third-order valence-corrected chi connectivity index (χ3v) is 6.49. The maximum absolute atomic E-state index is 13.3. The van der Waals surface area contributed by atoms with Gasteiger partial charge in [-0.3, -0.25) is 14.3 Å². The number of carboxylic acid groups (broad SMARTS) is 1. The Morgan fingerprint density at radius 2 is 1.74 bits per heavy atom. The lowest BCUT2D eigenvalue weighted by atomic mass is 9.98. The molecule has 0 bridgehead atoms. The zero-order chi connectivity index (χ0) is 24.5. The number of alkyl carbamates (subject to hydrolysis) is 1. The van der Waals surface area contributed by atoms with Gasteiger partial charge in [-0.15, -0.1) is 0 Å². The van der Waals surface area contributed by atoms with Crippen LogP contribution in [0.25, 0.3) is 11.1 Å². The number of amides is 2. The summed E-state index contributed by atoms with van der Waals surface area (Å²) in [6, 6.07) is 14.8. The number of fused-ring (bicyclic) bond motifs is 3. The zero-order valence-corrected chi connectivity index (χ0v) is 19.3. The van der Waals surface area contributed by atoms with E-state index in [-0.39, 0.29) is 18.6 Å². The summed E-state index contributed by atoms with van der Waals surface area (Å²) in [5, 5.41) is 16.1. The van der Waals surface area contributed by atoms with Crippen LogP contribution in [-0.2, 0) is 21.4 Å². The molecule has 1 aromatic heterocycles. The number of aromatic nitrogens is 2. The summed E-state index contributed by atoms with van der Waals surface area (Å²) in [7, 11) is 1.70. The van der Waals surface area contributed by atoms with Gasteiger partial charge in [0.2, 0.25) is 0 Å². The standard InChI is InChI=1S/C26H26N4O5/c1-29-13-16(12-27-29)24(25(33)30(14-23(31)32)17-10-11-17)28-26(34)35-15-22-20-8-4-2-6-18(20)19-7-3-5-9-21(19)22/h2-9,12-13,17,22,24H,10-11,14-15H2,1H3,(H,28,34)(H,31,32). The summed E-state index contributed by atoms with van der Waals surface area (Å²) in [4.78, 5) is 38.9. The fourth-order valence-corrected chi connectivity index (χ4v) is 4.72. The molecule has 2 aromatic carbocycles. The first-order valence-electron chi connectivity index (χ1n) is 11.5. The Balaban J connectivity index is 1.33. The summed E-state index contributed by atoms with van der Waals surface area (Å²) in [6.45, 7) is -0.318. The smallest absolute Gasteiger partial charge is 0.408 e. The van der Waals surface area contributed by atoms with Crippen LogP contribution in [0.3, 0.4) is 0 Å². The van der Waals surface area contributed by atoms with Gasteiger partial charge in [-0.1, -0.05) is 48.5 Å². The second-order valence-corrected chi connectivity index (χ2v) is 8.94. The fraction of sp³-hybridized carbons (Fsp3) is 0.308. The predicted molar refractivity (Wildman–Crippen MR) is 127 cm³/mol. The molecule has 1 saturated carbocycles. The highest BCUT2D eigenvalue weighted by molar-refractivity contribution is 5.89. The van der Waals surface area contributed by atoms with Crippen molar-refractivity contribution in [1.82, 2.24) is 20.0 Å². The number of carbonyl (C=O) groups is 3. The number of nitrogens with one attached hydrogen (secondary N) is 1. The Labute approximate surface area is 202 Å². The van der Waals surface area contributed by atoms with Crippen molar-refractivity contribution in [1.29, 1.82) is 0 Å². The lowest BCUT2D eigenvalue weighted by Crippen LogP contribution is -2.46. The second-order valence-electron chi connectivity index (χ2n) is 8.94. The first-order chi connectivity index (χ1) is 16.9. The molecule has 3 aromatic rings. The number of nitrogens with zero attached hydrogens (tertiary/aromatic N) is 3. The molecule has 180 valence electrons. The van der Waals surface area contributed by atoms with E-state index in [1.165, 1.54) is 15.8 Å². The van der Waals surface area contributed by atoms with E-state index in [9.17, 15) is 19.5 Å². The minimum Gasteiger partial charge on any atom is -0.480 e. The third-order valence-electron chi connectivity index (χ3n) is 6.49. The number of rotatable bonds is 8. The van der Waals surface area contributed by atoms with Gasteiger partial charge in [0.15, 0.2) is 0 Å². The molecule has 9 nitrogen and oxygen atoms in total. The highest BCUT2D eigenvalue weighted by Crippen LogP contribution is 2.44. The minimum atomic E-state index is -1.10. The average Bonchev–Trinajstić information content (AvgIpc) is 3.52. The number of hydrogen-bond donors (Lipinski definition) is 2. The molecule has 1 unspecified atom stereocenters. The lowest BCUT2D eigenvalue weighted by Gasteiger charge is -2.26. The van der Waals surface area contributed by atoms with Gasteiger partial charge in [0.25, 0.3) is 5.91 Å². The molecular weight excluding hydrogens is 448 g/mol. The van der Waals surface area contributed by atoms with E-state index in [0.717, 1.165) is 35.1 Å². The van der Waals surface area contributed by atoms with Crippen molar-refractivity contribution in [3.05, 3.63) is 77.6 Å². The van der Waals surface area contributed by atoms with Gasteiger partial charge in [0.05, 0.1) is 6.20 Å². The van der Waals surface area contributed by atoms with Gasteiger partial charge in [-0.2, -0.15) is 5.10 Å². The Kier molecular flexibility index (Phi) is 5.98. The first-order valence-corrected chi connectivity index (χ1v) is 11.5. The third kappa shape index (κ3) is 4.62. The van der Waals surface area contributed by atoms with Gasteiger partial charge < -0.3 is 20.1 Å². The van der Waals surface area contributed by atoms with Crippen LogP contribution in [0.15, 0.2) is 60.9 Å². The molecule has 2 aliphatic carbocycles. The normalized spacial score (nSPS) is 15.1. The van der Waals surface area contributed by atoms with Crippen molar-refractivity contribution < 1.29 is 24.2 Å². The van der Waals surface area contributed by atoms with E-state index in [1.54, 1.807) is 13.2 Å². The number of aryl methyl sites for hydroxylation is 1. The number of ether oxygens (including phenoxy) is 1. The van der Waals surface area contributed by atoms with Crippen molar-refractivity contribution in [3.8, 4) is 11.1 Å². The lowest BCUT2D eigenvalue weighted by molar-refractivity contribution is -0.145. The molecule has 0 saturated heterocycles. The number of carbonyl (C=O) groups excluding carboxylic acids is 2. The van der Waals surface area contributed by atoms with E-state index >= 15 is 0 Å². The summed E-state index contributed by atoms with van der Waals surface area (Å²) in [5.74, 6) is -1.71. The van der Waals surface area contributed by atoms with Crippen molar-refractivity contribution in [2.24, 2.45) is 7.05 Å². The molecule has 2 amide bonds. The molecule has 5 rings (SSSR count). The van der Waals surface area contributed by atoms with Crippen LogP contribution in [0, 0.1) is 0 Å². The SMILES string of the molecule is Cn1cc(C(NC(=O)OCC2c3ccccc3-c3ccccc32)C(=O)N(CC(=O)O)C2CC2)cn1. The minimum absolute atomic E-state index is 0.106. The van der Waals surface area contributed by atoms with Gasteiger partial charge in [-0.25, -0.2) is 4.79 Å². The van der Waals surface area contributed by atoms with E-state index < -0.39 is 30.6 Å². The quantitative estimate of drug-likeness (QED) is 0.519. The molecule has 2 N–H and O–H groups in total. The maximum atomic E-state index is 13.3. The van der Waals surface area contributed by atoms with Gasteiger partial charge in [0, 0.05) is 30.8 Å². The predicted octanol–water partition coefficient (Wildman–Crippen LogP) is 3.08. The monoisotopic (exact) mass is 474 g/mol. The highest BCUT2D eigenvalue weighted by Gasteiger charge is 2.39. The molecule has 1 atom stereocenters. The zero-order valence-electron chi connectivity index (χ0n) is 19.3. The van der Waals surface area contributed by atoms with Crippen molar-refractivity contribution >= 4 is 18.0 Å². The van der Waals surface area contributed by atoms with Crippen molar-refractivity contribution in [3.63, 3.8) is 0 Å². The van der Waals surface area contributed by atoms with Crippen LogP contribution in [0.5, 0.6) is 0 Å². The Morgan fingerprint density at radius 3 is 2.29 bits per heavy atom. The largest absolute Gasteiger partial charge is 0.480 e. The number of aliphatic carboxylic acids is 1. The number of carboxylic acids is 1. The van der Waals surface area contributed by atoms with Gasteiger partial charge in [-0.05, 0) is 35.1 Å². The molecule has 35 heavy (non-hydrogen) atoms. The number of hydrogen-bond acceptors (Lipinski definition) is 5. The van der Waals surface area contributed by atoms with Crippen molar-refractivity contribution in [2.75, 3.05) is 13.2 Å². The average molecular weight is 475 g/mol. The molecule has 0 spiro atoms. The summed E-state index contributed by atoms with van der Waals surface area (Å²) in [5.41, 5.74) is 4.87. The van der Waals surface area contributed by atoms with Crippen LogP contribution >= 0.6 is 0 Å². The Bertz CT molecular complexity index is 1240. The highest BCUT2D eigenvalue weighted by atomic mass is 16.5. The van der Waals surface area contributed by atoms with Crippen LogP contribution in [0.4, 0.5) is 4.79 Å². The van der Waals surface area contributed by atoms with Crippen molar-refractivity contribution in [2.45, 2.75) is 30.8 Å². The Morgan fingerprint density at radius 1 is 1.11 bits per heavy atom. The van der Waals surface area contributed by atoms with E-state index in [2.05, 4.69) is 22.5 Å². The van der Waals surface area contributed by atoms with E-state index in [4.69, 9.17) is 4.74 Å². The fourth-order valence-electron chi connectivity index (χ4n) is 4.72. The topological polar surface area (TPSA) is 114 Å². The molecule has 1 heterocycles. The van der Waals surface area contributed by atoms with E-state index in [0.29, 0.717) is 5.56 Å². The van der Waals surface area contributed by atoms with E-state index in [1.807, 2.05) is 36.4 Å². The molecule has 0 aliphatic heterocycles. The van der Waals surface area contributed by atoms with Crippen LogP contribution in [-0.4, -0.2) is 57.0 Å². The molecule has 0 radical (unpaired) electrons. The summed E-state index contributed by atoms with van der Waals surface area (Å²) in [6.07, 6.45) is 3.84. The summed E-state index contributed by atoms with van der Waals surface area (Å²) < 4.78 is 7.14. The van der Waals surface area contributed by atoms with Gasteiger partial charge in [0.1, 0.15) is 19.2 Å². The first kappa shape index (κ1) is 22.6. The number of benzene rings is 2. The maximum Gasteiger partial charge on any atom is 0.408 e. The molecule has 2 aliphatic rings. The van der Waals surface area contributed by atoms with Crippen LogP contribution < -0.4 is 5.32 Å². The molecular formula is C26H26N4O5. The molecule has 1 fully saturated rings. The molecule has 9 heteroatoms. The van der Waals surface area contributed by atoms with Crippen LogP contribution in [0.2, 0.25) is 0 Å².